The second-order valence-electron chi connectivity index (χ2n) is 7.97. The first-order valence-electron chi connectivity index (χ1n) is 10.8. The smallest absolute Gasteiger partial charge is 0.262 e. The van der Waals surface area contributed by atoms with E-state index in [1.165, 1.54) is 0 Å². The van der Waals surface area contributed by atoms with Crippen molar-refractivity contribution in [3.63, 3.8) is 0 Å². The molecule has 0 aliphatic carbocycles. The van der Waals surface area contributed by atoms with Crippen LogP contribution >= 0.6 is 0 Å². The third-order valence-electron chi connectivity index (χ3n) is 5.89. The topological polar surface area (TPSA) is 88.6 Å². The summed E-state index contributed by atoms with van der Waals surface area (Å²) in [6, 6.07) is 21.9. The van der Waals surface area contributed by atoms with Crippen LogP contribution in [0.15, 0.2) is 85.1 Å². The molecule has 3 aromatic carbocycles. The summed E-state index contributed by atoms with van der Waals surface area (Å²) in [5.74, 6) is -0.827. The normalized spacial score (nSPS) is 13.6. The fourth-order valence-electron chi connectivity index (χ4n) is 4.24. The maximum atomic E-state index is 13.6. The molecule has 0 saturated heterocycles. The van der Waals surface area contributed by atoms with E-state index >= 15 is 0 Å². The molecule has 34 heavy (non-hydrogen) atoms. The third kappa shape index (κ3) is 3.77. The Bertz CT molecular complexity index is 1390. The molecule has 1 aliphatic heterocycles. The van der Waals surface area contributed by atoms with E-state index in [1.54, 1.807) is 61.8 Å². The summed E-state index contributed by atoms with van der Waals surface area (Å²) in [7, 11) is 1.56. The molecule has 3 amide bonds. The Hall–Kier alpha value is -4.52. The number of benzene rings is 3. The molecule has 0 saturated carbocycles. The Balaban J connectivity index is 1.53. The Morgan fingerprint density at radius 2 is 1.65 bits per heavy atom. The number of methoxy groups -OCH3 is 1. The average molecular weight is 451 g/mol. The predicted molar refractivity (Wildman–Crippen MR) is 128 cm³/mol. The summed E-state index contributed by atoms with van der Waals surface area (Å²) in [6.45, 7) is 0. The summed E-state index contributed by atoms with van der Waals surface area (Å²) in [5.41, 5.74) is 2.48. The highest BCUT2D eigenvalue weighted by Crippen LogP contribution is 2.28. The molecule has 7 heteroatoms. The summed E-state index contributed by atoms with van der Waals surface area (Å²) in [6.07, 6.45) is 1.78. The van der Waals surface area contributed by atoms with Crippen molar-refractivity contribution in [1.82, 2.24) is 9.88 Å². The lowest BCUT2D eigenvalue weighted by molar-refractivity contribution is -0.119. The molecule has 0 spiro atoms. The number of anilines is 1. The van der Waals surface area contributed by atoms with E-state index < -0.39 is 23.8 Å². The second kappa shape index (κ2) is 8.78. The standard InChI is InChI=1S/C27H21N3O4/c1-34-19-10-4-7-17(15-19)16-23(30-26(32)20-11-2-3-12-21(20)27(30)33)25(31)29-22-13-5-8-18-9-6-14-28-24(18)22/h2-15,23H,16H2,1H3,(H,29,31)/t23-/m0/s1. The third-order valence-corrected chi connectivity index (χ3v) is 5.89. The minimum absolute atomic E-state index is 0.132. The van der Waals surface area contributed by atoms with Crippen LogP contribution in [-0.4, -0.2) is 40.8 Å². The van der Waals surface area contributed by atoms with Crippen LogP contribution in [0, 0.1) is 0 Å². The number of hydrogen-bond acceptors (Lipinski definition) is 5. The molecular formula is C27H21N3O4. The van der Waals surface area contributed by atoms with Gasteiger partial charge in [0.2, 0.25) is 5.91 Å². The Labute approximate surface area is 196 Å². The van der Waals surface area contributed by atoms with Gasteiger partial charge in [-0.25, -0.2) is 0 Å². The van der Waals surface area contributed by atoms with Gasteiger partial charge < -0.3 is 10.1 Å². The Kier molecular flexibility index (Phi) is 5.51. The first-order chi connectivity index (χ1) is 16.6. The molecular weight excluding hydrogens is 430 g/mol. The van der Waals surface area contributed by atoms with Gasteiger partial charge in [-0.1, -0.05) is 42.5 Å². The van der Waals surface area contributed by atoms with Gasteiger partial charge in [0.25, 0.3) is 11.8 Å². The van der Waals surface area contributed by atoms with Crippen molar-refractivity contribution in [2.24, 2.45) is 0 Å². The number of imide groups is 1. The molecule has 1 N–H and O–H groups in total. The van der Waals surface area contributed by atoms with Crippen molar-refractivity contribution in [2.45, 2.75) is 12.5 Å². The quantitative estimate of drug-likeness (QED) is 0.446. The number of fused-ring (bicyclic) bond motifs is 2. The lowest BCUT2D eigenvalue weighted by Crippen LogP contribution is -2.48. The fraction of sp³-hybridized carbons (Fsp3) is 0.111. The van der Waals surface area contributed by atoms with Crippen LogP contribution in [0.25, 0.3) is 10.9 Å². The van der Waals surface area contributed by atoms with Crippen LogP contribution in [0.3, 0.4) is 0 Å². The van der Waals surface area contributed by atoms with Gasteiger partial charge in [-0.05, 0) is 42.0 Å². The van der Waals surface area contributed by atoms with Crippen molar-refractivity contribution in [1.29, 1.82) is 0 Å². The Morgan fingerprint density at radius 1 is 0.941 bits per heavy atom. The van der Waals surface area contributed by atoms with E-state index in [1.807, 2.05) is 30.3 Å². The molecule has 5 rings (SSSR count). The molecule has 1 aliphatic rings. The lowest BCUT2D eigenvalue weighted by atomic mass is 10.0. The monoisotopic (exact) mass is 451 g/mol. The SMILES string of the molecule is COc1cccc(C[C@@H](C(=O)Nc2cccc3cccnc23)N2C(=O)c3ccccc3C2=O)c1. The molecule has 0 unspecified atom stereocenters. The summed E-state index contributed by atoms with van der Waals surface area (Å²) in [4.78, 5) is 45.5. The van der Waals surface area contributed by atoms with Crippen LogP contribution in [0.1, 0.15) is 26.3 Å². The van der Waals surface area contributed by atoms with Crippen molar-refractivity contribution in [2.75, 3.05) is 12.4 Å². The van der Waals surface area contributed by atoms with E-state index in [-0.39, 0.29) is 6.42 Å². The number of aromatic nitrogens is 1. The predicted octanol–water partition coefficient (Wildman–Crippen LogP) is 4.09. The highest BCUT2D eigenvalue weighted by molar-refractivity contribution is 6.23. The van der Waals surface area contributed by atoms with Crippen LogP contribution in [-0.2, 0) is 11.2 Å². The fourth-order valence-corrected chi connectivity index (χ4v) is 4.24. The molecule has 0 bridgehead atoms. The molecule has 0 radical (unpaired) electrons. The first kappa shape index (κ1) is 21.3. The number of nitrogens with one attached hydrogen (secondary N) is 1. The summed E-state index contributed by atoms with van der Waals surface area (Å²) in [5, 5.41) is 3.77. The first-order valence-corrected chi connectivity index (χ1v) is 10.8. The summed E-state index contributed by atoms with van der Waals surface area (Å²) < 4.78 is 5.30. The van der Waals surface area contributed by atoms with Crippen molar-refractivity contribution in [3.8, 4) is 5.75 Å². The van der Waals surface area contributed by atoms with Crippen molar-refractivity contribution < 1.29 is 19.1 Å². The van der Waals surface area contributed by atoms with Crippen LogP contribution in [0.2, 0.25) is 0 Å². The minimum atomic E-state index is -1.07. The van der Waals surface area contributed by atoms with Crippen LogP contribution in [0.5, 0.6) is 5.75 Å². The van der Waals surface area contributed by atoms with Gasteiger partial charge >= 0.3 is 0 Å². The van der Waals surface area contributed by atoms with E-state index in [2.05, 4.69) is 10.3 Å². The zero-order chi connectivity index (χ0) is 23.7. The van der Waals surface area contributed by atoms with Crippen LogP contribution < -0.4 is 10.1 Å². The maximum absolute atomic E-state index is 13.6. The number of nitrogens with zero attached hydrogens (tertiary/aromatic N) is 2. The zero-order valence-corrected chi connectivity index (χ0v) is 18.4. The highest BCUT2D eigenvalue weighted by Gasteiger charge is 2.42. The number of pyridine rings is 1. The molecule has 7 nitrogen and oxygen atoms in total. The van der Waals surface area contributed by atoms with Gasteiger partial charge in [-0.3, -0.25) is 24.3 Å². The van der Waals surface area contributed by atoms with Crippen molar-refractivity contribution in [3.05, 3.63) is 102 Å². The van der Waals surface area contributed by atoms with E-state index in [4.69, 9.17) is 4.74 Å². The highest BCUT2D eigenvalue weighted by atomic mass is 16.5. The zero-order valence-electron chi connectivity index (χ0n) is 18.4. The molecule has 4 aromatic rings. The lowest BCUT2D eigenvalue weighted by Gasteiger charge is -2.26. The molecule has 2 heterocycles. The van der Waals surface area contributed by atoms with Crippen LogP contribution in [0.4, 0.5) is 5.69 Å². The van der Waals surface area contributed by atoms with Gasteiger partial charge in [0.05, 0.1) is 29.4 Å². The van der Waals surface area contributed by atoms with Gasteiger partial charge in [-0.15, -0.1) is 0 Å². The molecule has 0 fully saturated rings. The summed E-state index contributed by atoms with van der Waals surface area (Å²) >= 11 is 0. The van der Waals surface area contributed by atoms with Gasteiger partial charge in [0, 0.05) is 18.0 Å². The van der Waals surface area contributed by atoms with Crippen molar-refractivity contribution >= 4 is 34.3 Å². The van der Waals surface area contributed by atoms with Gasteiger partial charge in [0.1, 0.15) is 11.8 Å². The molecule has 1 atom stereocenters. The number of ether oxygens (including phenoxy) is 1. The largest absolute Gasteiger partial charge is 0.497 e. The van der Waals surface area contributed by atoms with E-state index in [0.717, 1.165) is 15.8 Å². The maximum Gasteiger partial charge on any atom is 0.262 e. The van der Waals surface area contributed by atoms with E-state index in [0.29, 0.717) is 28.1 Å². The average Bonchev–Trinajstić information content (AvgIpc) is 3.12. The molecule has 1 aromatic heterocycles. The second-order valence-corrected chi connectivity index (χ2v) is 7.97. The number of hydrogen-bond donors (Lipinski definition) is 1. The minimum Gasteiger partial charge on any atom is -0.497 e. The van der Waals surface area contributed by atoms with Gasteiger partial charge in [-0.2, -0.15) is 0 Å². The number of amides is 3. The number of carbonyl (C=O) groups excluding carboxylic acids is 3. The van der Waals surface area contributed by atoms with Gasteiger partial charge in [0.15, 0.2) is 0 Å². The number of carbonyl (C=O) groups is 3. The number of rotatable bonds is 6. The molecule has 168 valence electrons. The Morgan fingerprint density at radius 3 is 2.38 bits per heavy atom. The van der Waals surface area contributed by atoms with E-state index in [9.17, 15) is 14.4 Å². The number of para-hydroxylation sites is 1.